The SMILES string of the molecule is CC(=Nc1ccc(C(=O)Nc2ccccc2N)cc1)C1C(=O)Nc2ccc3nc(NCCN4CCOCC4)sc3c21. The van der Waals surface area contributed by atoms with Gasteiger partial charge in [0.2, 0.25) is 5.91 Å². The highest BCUT2D eigenvalue weighted by molar-refractivity contribution is 7.22. The fourth-order valence-electron chi connectivity index (χ4n) is 5.12. The molecule has 0 saturated carbocycles. The first-order valence-corrected chi connectivity index (χ1v) is 14.4. The average molecular weight is 570 g/mol. The lowest BCUT2D eigenvalue weighted by atomic mass is 9.96. The monoisotopic (exact) mass is 569 g/mol. The van der Waals surface area contributed by atoms with E-state index in [0.717, 1.165) is 66.0 Å². The van der Waals surface area contributed by atoms with Crippen molar-refractivity contribution >= 4 is 67.0 Å². The molecule has 6 rings (SSSR count). The largest absolute Gasteiger partial charge is 0.397 e. The van der Waals surface area contributed by atoms with Crippen molar-refractivity contribution in [1.82, 2.24) is 9.88 Å². The first-order chi connectivity index (χ1) is 20.0. The van der Waals surface area contributed by atoms with Crippen molar-refractivity contribution in [3.63, 3.8) is 0 Å². The minimum Gasteiger partial charge on any atom is -0.397 e. The van der Waals surface area contributed by atoms with Gasteiger partial charge in [0.15, 0.2) is 5.13 Å². The molecule has 41 heavy (non-hydrogen) atoms. The summed E-state index contributed by atoms with van der Waals surface area (Å²) >= 11 is 1.56. The fraction of sp³-hybridized carbons (Fsp3) is 0.267. The Balaban J connectivity index is 1.18. The smallest absolute Gasteiger partial charge is 0.255 e. The number of rotatable bonds is 8. The fourth-order valence-corrected chi connectivity index (χ4v) is 6.19. The van der Waals surface area contributed by atoms with Crippen molar-refractivity contribution in [1.29, 1.82) is 0 Å². The molecular formula is C30H31N7O3S. The number of hydrogen-bond donors (Lipinski definition) is 4. The number of para-hydroxylation sites is 2. The number of carbonyl (C=O) groups is 2. The molecule has 0 spiro atoms. The zero-order valence-electron chi connectivity index (χ0n) is 22.6. The first kappa shape index (κ1) is 26.9. The number of anilines is 4. The van der Waals surface area contributed by atoms with Crippen LogP contribution in [0.4, 0.5) is 27.9 Å². The number of hydrogen-bond acceptors (Lipinski definition) is 9. The van der Waals surface area contributed by atoms with Crippen LogP contribution in [0, 0.1) is 0 Å². The van der Waals surface area contributed by atoms with Gasteiger partial charge < -0.3 is 26.4 Å². The number of ether oxygens (including phenoxy) is 1. The number of thiazole rings is 1. The molecule has 3 aromatic carbocycles. The summed E-state index contributed by atoms with van der Waals surface area (Å²) in [7, 11) is 0. The van der Waals surface area contributed by atoms with Gasteiger partial charge in [0.25, 0.3) is 5.91 Å². The number of aliphatic imine (C=N–C) groups is 1. The highest BCUT2D eigenvalue weighted by Gasteiger charge is 2.35. The molecule has 1 atom stereocenters. The second-order valence-electron chi connectivity index (χ2n) is 10.0. The molecule has 1 saturated heterocycles. The molecule has 0 bridgehead atoms. The quantitative estimate of drug-likeness (QED) is 0.178. The molecule has 1 fully saturated rings. The highest BCUT2D eigenvalue weighted by atomic mass is 32.1. The van der Waals surface area contributed by atoms with Gasteiger partial charge in [-0.25, -0.2) is 4.98 Å². The number of fused-ring (bicyclic) bond motifs is 3. The molecule has 0 radical (unpaired) electrons. The van der Waals surface area contributed by atoms with E-state index in [4.69, 9.17) is 20.4 Å². The van der Waals surface area contributed by atoms with E-state index in [-0.39, 0.29) is 11.8 Å². The number of morpholine rings is 1. The van der Waals surface area contributed by atoms with Gasteiger partial charge in [0.1, 0.15) is 5.92 Å². The Morgan fingerprint density at radius 1 is 1.15 bits per heavy atom. The van der Waals surface area contributed by atoms with Crippen LogP contribution in [0.25, 0.3) is 10.2 Å². The number of carbonyl (C=O) groups excluding carboxylic acids is 2. The zero-order valence-corrected chi connectivity index (χ0v) is 23.5. The van der Waals surface area contributed by atoms with E-state index in [1.807, 2.05) is 31.2 Å². The zero-order chi connectivity index (χ0) is 28.3. The van der Waals surface area contributed by atoms with E-state index in [0.29, 0.717) is 28.3 Å². The van der Waals surface area contributed by atoms with Crippen LogP contribution < -0.4 is 21.7 Å². The van der Waals surface area contributed by atoms with Crippen LogP contribution in [0.5, 0.6) is 0 Å². The number of benzene rings is 3. The molecule has 10 nitrogen and oxygen atoms in total. The molecule has 210 valence electrons. The van der Waals surface area contributed by atoms with E-state index in [1.165, 1.54) is 0 Å². The Morgan fingerprint density at radius 2 is 1.93 bits per heavy atom. The number of nitrogens with two attached hydrogens (primary N) is 1. The van der Waals surface area contributed by atoms with Crippen LogP contribution >= 0.6 is 11.3 Å². The number of nitrogens with zero attached hydrogens (tertiary/aromatic N) is 3. The molecule has 2 amide bonds. The molecule has 2 aliphatic rings. The topological polar surface area (TPSA) is 134 Å². The van der Waals surface area contributed by atoms with Crippen molar-refractivity contribution in [2.24, 2.45) is 4.99 Å². The maximum atomic E-state index is 13.1. The summed E-state index contributed by atoms with van der Waals surface area (Å²) in [6.45, 7) is 7.02. The summed E-state index contributed by atoms with van der Waals surface area (Å²) in [5.41, 5.74) is 11.3. The Labute approximate surface area is 241 Å². The second-order valence-corrected chi connectivity index (χ2v) is 11.0. The predicted octanol–water partition coefficient (Wildman–Crippen LogP) is 4.70. The van der Waals surface area contributed by atoms with Gasteiger partial charge in [-0.15, -0.1) is 0 Å². The standard InChI is InChI=1S/C30H31N7O3S/c1-18(33-20-8-6-19(7-9-20)28(38)34-22-5-3-2-4-21(22)31)25-26-23(35-29(25)39)10-11-24-27(26)41-30(36-24)32-12-13-37-14-16-40-17-15-37/h2-11,25H,12-17,31H2,1H3,(H,32,36)(H,34,38)(H,35,39). The van der Waals surface area contributed by atoms with Crippen LogP contribution in [0.15, 0.2) is 65.7 Å². The highest BCUT2D eigenvalue weighted by Crippen LogP contribution is 2.42. The third kappa shape index (κ3) is 5.78. The van der Waals surface area contributed by atoms with Crippen LogP contribution in [-0.4, -0.2) is 66.8 Å². The van der Waals surface area contributed by atoms with Crippen LogP contribution in [0.1, 0.15) is 28.8 Å². The van der Waals surface area contributed by atoms with Crippen LogP contribution in [0.2, 0.25) is 0 Å². The van der Waals surface area contributed by atoms with Crippen molar-refractivity contribution < 1.29 is 14.3 Å². The summed E-state index contributed by atoms with van der Waals surface area (Å²) in [5, 5.41) is 10.1. The van der Waals surface area contributed by atoms with Gasteiger partial charge in [0, 0.05) is 48.7 Å². The second kappa shape index (κ2) is 11.7. The molecule has 4 aromatic rings. The molecule has 2 aliphatic heterocycles. The maximum Gasteiger partial charge on any atom is 0.255 e. The number of amides is 2. The lowest BCUT2D eigenvalue weighted by Crippen LogP contribution is -2.38. The average Bonchev–Trinajstić information content (AvgIpc) is 3.55. The normalized spacial score (nSPS) is 17.3. The summed E-state index contributed by atoms with van der Waals surface area (Å²) in [5.74, 6) is -0.902. The number of aromatic nitrogens is 1. The van der Waals surface area contributed by atoms with E-state index in [9.17, 15) is 9.59 Å². The summed E-state index contributed by atoms with van der Waals surface area (Å²) in [4.78, 5) is 37.7. The molecule has 11 heteroatoms. The van der Waals surface area contributed by atoms with Crippen LogP contribution in [0.3, 0.4) is 0 Å². The van der Waals surface area contributed by atoms with E-state index < -0.39 is 5.92 Å². The van der Waals surface area contributed by atoms with Crippen molar-refractivity contribution in [3.8, 4) is 0 Å². The van der Waals surface area contributed by atoms with Gasteiger partial charge in [-0.05, 0) is 55.5 Å². The van der Waals surface area contributed by atoms with Crippen molar-refractivity contribution in [2.45, 2.75) is 12.8 Å². The number of nitrogen functional groups attached to an aromatic ring is 1. The molecule has 5 N–H and O–H groups in total. The Bertz CT molecular complexity index is 1630. The lowest BCUT2D eigenvalue weighted by molar-refractivity contribution is -0.115. The van der Waals surface area contributed by atoms with Gasteiger partial charge in [-0.1, -0.05) is 23.5 Å². The van der Waals surface area contributed by atoms with Gasteiger partial charge in [-0.2, -0.15) is 0 Å². The molecule has 0 aliphatic carbocycles. The third-order valence-corrected chi connectivity index (χ3v) is 8.34. The summed E-state index contributed by atoms with van der Waals surface area (Å²) in [6.07, 6.45) is 0. The minimum atomic E-state index is -0.528. The van der Waals surface area contributed by atoms with E-state index >= 15 is 0 Å². The molecule has 1 aromatic heterocycles. The molecule has 1 unspecified atom stereocenters. The van der Waals surface area contributed by atoms with Crippen molar-refractivity contribution in [2.75, 3.05) is 61.1 Å². The Hall–Kier alpha value is -4.32. The number of nitrogens with one attached hydrogen (secondary N) is 3. The van der Waals surface area contributed by atoms with Crippen LogP contribution in [-0.2, 0) is 9.53 Å². The van der Waals surface area contributed by atoms with Gasteiger partial charge in [-0.3, -0.25) is 19.5 Å². The Kier molecular flexibility index (Phi) is 7.64. The summed E-state index contributed by atoms with van der Waals surface area (Å²) in [6, 6.07) is 17.9. The predicted molar refractivity (Wildman–Crippen MR) is 165 cm³/mol. The first-order valence-electron chi connectivity index (χ1n) is 13.6. The van der Waals surface area contributed by atoms with E-state index in [2.05, 4.69) is 20.9 Å². The third-order valence-electron chi connectivity index (χ3n) is 7.27. The minimum absolute atomic E-state index is 0.111. The molecule has 3 heterocycles. The van der Waals surface area contributed by atoms with Gasteiger partial charge >= 0.3 is 0 Å². The van der Waals surface area contributed by atoms with Crippen molar-refractivity contribution in [3.05, 3.63) is 71.8 Å². The lowest BCUT2D eigenvalue weighted by Gasteiger charge is -2.26. The van der Waals surface area contributed by atoms with E-state index in [1.54, 1.807) is 47.7 Å². The molecular weight excluding hydrogens is 538 g/mol. The Morgan fingerprint density at radius 3 is 2.71 bits per heavy atom. The maximum absolute atomic E-state index is 13.1. The van der Waals surface area contributed by atoms with Gasteiger partial charge in [0.05, 0.1) is 40.5 Å². The summed E-state index contributed by atoms with van der Waals surface area (Å²) < 4.78 is 6.40.